The molecule has 0 bridgehead atoms. The third kappa shape index (κ3) is 8.45. The predicted octanol–water partition coefficient (Wildman–Crippen LogP) is 5.07. The molecule has 2 heterocycles. The standard InChI is InChI=1S/C28H28F5N7O8/c1-2-6-21-34-23(27(29,30)28(31,32)33)22(25(41)42)38(21)15-17-9-11-18(12-10-17)19-7-3-4-8-20(19)24-35-37-39(36-24)16-47-26(43)46-13-5-14-48-40(44)45/h3-4,7-12,44-45H,2,5-6,13-16H2,1H3,(H,41,42). The zero-order valence-corrected chi connectivity index (χ0v) is 25.0. The predicted molar refractivity (Wildman–Crippen MR) is 149 cm³/mol. The van der Waals surface area contributed by atoms with Crippen molar-refractivity contribution in [2.24, 2.45) is 0 Å². The Hall–Kier alpha value is -5.05. The highest BCUT2D eigenvalue weighted by molar-refractivity contribution is 5.87. The number of ether oxygens (including phenoxy) is 2. The summed E-state index contributed by atoms with van der Waals surface area (Å²) in [5, 5.41) is 38.1. The molecule has 0 atom stereocenters. The van der Waals surface area contributed by atoms with Crippen LogP contribution in [0.1, 0.15) is 47.3 Å². The smallest absolute Gasteiger partial charge is 0.477 e. The van der Waals surface area contributed by atoms with Gasteiger partial charge < -0.3 is 19.1 Å². The Morgan fingerprint density at radius 3 is 2.27 bits per heavy atom. The van der Waals surface area contributed by atoms with Crippen molar-refractivity contribution in [1.82, 2.24) is 35.1 Å². The summed E-state index contributed by atoms with van der Waals surface area (Å²) >= 11 is 0. The largest absolute Gasteiger partial charge is 0.510 e. The normalized spacial score (nSPS) is 12.0. The Labute approximate surface area is 267 Å². The highest BCUT2D eigenvalue weighted by Gasteiger charge is 2.62. The number of nitrogens with zero attached hydrogens (tertiary/aromatic N) is 7. The molecule has 258 valence electrons. The lowest BCUT2D eigenvalue weighted by atomic mass is 9.98. The van der Waals surface area contributed by atoms with Crippen molar-refractivity contribution >= 4 is 12.1 Å². The van der Waals surface area contributed by atoms with Gasteiger partial charge in [0, 0.05) is 24.9 Å². The number of carboxylic acids is 1. The molecule has 0 radical (unpaired) electrons. The first-order valence-corrected chi connectivity index (χ1v) is 14.1. The van der Waals surface area contributed by atoms with Gasteiger partial charge in [0.1, 0.15) is 5.82 Å². The number of aromatic carboxylic acids is 1. The fraction of sp³-hybridized carbons (Fsp3) is 0.357. The maximum Gasteiger partial charge on any atom is 0.510 e. The van der Waals surface area contributed by atoms with Gasteiger partial charge in [-0.05, 0) is 28.3 Å². The van der Waals surface area contributed by atoms with Crippen LogP contribution in [-0.4, -0.2) is 82.2 Å². The molecule has 2 aromatic heterocycles. The third-order valence-corrected chi connectivity index (χ3v) is 6.62. The van der Waals surface area contributed by atoms with E-state index in [0.29, 0.717) is 28.7 Å². The molecule has 0 saturated carbocycles. The second-order valence-electron chi connectivity index (χ2n) is 9.98. The van der Waals surface area contributed by atoms with E-state index >= 15 is 0 Å². The van der Waals surface area contributed by atoms with Crippen molar-refractivity contribution in [2.45, 2.75) is 51.6 Å². The lowest BCUT2D eigenvalue weighted by Gasteiger charge is -2.18. The van der Waals surface area contributed by atoms with Crippen LogP contribution in [0.15, 0.2) is 48.5 Å². The van der Waals surface area contributed by atoms with Crippen molar-refractivity contribution in [1.29, 1.82) is 0 Å². The maximum absolute atomic E-state index is 14.3. The molecule has 0 fully saturated rings. The minimum Gasteiger partial charge on any atom is -0.477 e. The minimum absolute atomic E-state index is 0.0369. The zero-order chi connectivity index (χ0) is 35.1. The summed E-state index contributed by atoms with van der Waals surface area (Å²) < 4.78 is 78.8. The fourth-order valence-electron chi connectivity index (χ4n) is 4.47. The second-order valence-corrected chi connectivity index (χ2v) is 9.98. The third-order valence-electron chi connectivity index (χ3n) is 6.62. The Morgan fingerprint density at radius 2 is 1.65 bits per heavy atom. The topological polar surface area (TPSA) is 187 Å². The van der Waals surface area contributed by atoms with Crippen molar-refractivity contribution in [3.05, 3.63) is 71.3 Å². The number of halogens is 5. The average molecular weight is 686 g/mol. The lowest BCUT2D eigenvalue weighted by Crippen LogP contribution is -2.35. The summed E-state index contributed by atoms with van der Waals surface area (Å²) in [5.41, 5.74) is -0.921. The summed E-state index contributed by atoms with van der Waals surface area (Å²) in [4.78, 5) is 32.5. The Kier molecular flexibility index (Phi) is 11.4. The van der Waals surface area contributed by atoms with E-state index in [9.17, 15) is 36.6 Å². The van der Waals surface area contributed by atoms with Crippen molar-refractivity contribution < 1.29 is 61.4 Å². The van der Waals surface area contributed by atoms with Crippen LogP contribution >= 0.6 is 0 Å². The van der Waals surface area contributed by atoms with E-state index in [0.717, 1.165) is 9.36 Å². The molecule has 0 saturated heterocycles. The SMILES string of the molecule is CCCc1nc(C(F)(F)C(F)(F)F)c(C(=O)O)n1Cc1ccc(-c2ccccc2-c2nnn(COC(=O)OCCCON(O)O)n2)cc1. The van der Waals surface area contributed by atoms with Gasteiger partial charge in [0.25, 0.3) is 0 Å². The van der Waals surface area contributed by atoms with Crippen LogP contribution in [0.4, 0.5) is 26.7 Å². The summed E-state index contributed by atoms with van der Waals surface area (Å²) in [5.74, 6) is -7.51. The number of hydrogen-bond acceptors (Lipinski definition) is 12. The first-order valence-electron chi connectivity index (χ1n) is 14.1. The van der Waals surface area contributed by atoms with E-state index in [4.69, 9.17) is 19.9 Å². The summed E-state index contributed by atoms with van der Waals surface area (Å²) in [6.07, 6.45) is -6.67. The van der Waals surface area contributed by atoms with Crippen molar-refractivity contribution in [3.63, 3.8) is 0 Å². The van der Waals surface area contributed by atoms with Gasteiger partial charge in [-0.2, -0.15) is 22.0 Å². The highest BCUT2D eigenvalue weighted by atomic mass is 19.4. The van der Waals surface area contributed by atoms with Gasteiger partial charge in [-0.15, -0.1) is 15.0 Å². The molecular formula is C28H28F5N7O8. The number of aromatic nitrogens is 6. The number of aryl methyl sites for hydroxylation is 1. The number of carbonyl (C=O) groups excluding carboxylic acids is 1. The zero-order valence-electron chi connectivity index (χ0n) is 25.0. The van der Waals surface area contributed by atoms with Gasteiger partial charge in [-0.25, -0.2) is 14.6 Å². The Bertz CT molecular complexity index is 1710. The number of rotatable bonds is 15. The number of benzene rings is 2. The van der Waals surface area contributed by atoms with E-state index in [1.165, 1.54) is 0 Å². The van der Waals surface area contributed by atoms with Crippen LogP contribution in [0, 0.1) is 0 Å². The molecule has 20 heteroatoms. The summed E-state index contributed by atoms with van der Waals surface area (Å²) in [6.45, 7) is 0.598. The number of carbonyl (C=O) groups is 2. The van der Waals surface area contributed by atoms with Crippen LogP contribution < -0.4 is 0 Å². The number of imidazole rings is 1. The van der Waals surface area contributed by atoms with Crippen molar-refractivity contribution in [3.8, 4) is 22.5 Å². The van der Waals surface area contributed by atoms with E-state index < -0.39 is 47.7 Å². The van der Waals surface area contributed by atoms with Gasteiger partial charge in [-0.1, -0.05) is 55.5 Å². The number of tetrazole rings is 1. The molecule has 48 heavy (non-hydrogen) atoms. The molecule has 0 spiro atoms. The number of hydrogen-bond donors (Lipinski definition) is 3. The van der Waals surface area contributed by atoms with Crippen LogP contribution in [-0.2, 0) is 39.9 Å². The van der Waals surface area contributed by atoms with Crippen LogP contribution in [0.5, 0.6) is 0 Å². The monoisotopic (exact) mass is 685 g/mol. The highest BCUT2D eigenvalue weighted by Crippen LogP contribution is 2.45. The first kappa shape index (κ1) is 35.8. The number of carboxylic acid groups (broad SMARTS) is 1. The van der Waals surface area contributed by atoms with Gasteiger partial charge >= 0.3 is 24.2 Å². The van der Waals surface area contributed by atoms with E-state index in [1.54, 1.807) is 55.5 Å². The lowest BCUT2D eigenvalue weighted by molar-refractivity contribution is -0.492. The molecule has 0 amide bonds. The summed E-state index contributed by atoms with van der Waals surface area (Å²) in [7, 11) is 0. The molecule has 15 nitrogen and oxygen atoms in total. The molecule has 0 aliphatic heterocycles. The quantitative estimate of drug-likeness (QED) is 0.0652. The Morgan fingerprint density at radius 1 is 0.958 bits per heavy atom. The minimum atomic E-state index is -6.04. The van der Waals surface area contributed by atoms with Crippen molar-refractivity contribution in [2.75, 3.05) is 13.2 Å². The summed E-state index contributed by atoms with van der Waals surface area (Å²) in [6, 6.07) is 13.3. The van der Waals surface area contributed by atoms with Gasteiger partial charge in [0.15, 0.2) is 11.4 Å². The number of alkyl halides is 5. The van der Waals surface area contributed by atoms with Crippen LogP contribution in [0.2, 0.25) is 0 Å². The fourth-order valence-corrected chi connectivity index (χ4v) is 4.47. The van der Waals surface area contributed by atoms with E-state index in [2.05, 4.69) is 25.2 Å². The molecule has 0 aliphatic carbocycles. The van der Waals surface area contributed by atoms with Crippen LogP contribution in [0.3, 0.4) is 0 Å². The molecule has 3 N–H and O–H groups in total. The second kappa shape index (κ2) is 15.2. The molecule has 0 unspecified atom stereocenters. The molecule has 4 rings (SSSR count). The molecule has 0 aliphatic rings. The first-order chi connectivity index (χ1) is 22.7. The van der Waals surface area contributed by atoms with Crippen LogP contribution in [0.25, 0.3) is 22.5 Å². The average Bonchev–Trinajstić information content (AvgIpc) is 3.65. The van der Waals surface area contributed by atoms with Gasteiger partial charge in [-0.3, -0.25) is 15.3 Å². The van der Waals surface area contributed by atoms with E-state index in [-0.39, 0.29) is 44.2 Å². The molecule has 4 aromatic rings. The molecule has 2 aromatic carbocycles. The molecular weight excluding hydrogens is 657 g/mol. The van der Waals surface area contributed by atoms with Gasteiger partial charge in [0.05, 0.1) is 18.6 Å². The van der Waals surface area contributed by atoms with E-state index in [1.807, 2.05) is 0 Å². The Balaban J connectivity index is 1.50. The van der Waals surface area contributed by atoms with Gasteiger partial charge in [0.2, 0.25) is 12.6 Å². The maximum atomic E-state index is 14.3.